The van der Waals surface area contributed by atoms with Crippen LogP contribution >= 0.6 is 0 Å². The summed E-state index contributed by atoms with van der Waals surface area (Å²) in [5, 5.41) is 3.93. The lowest BCUT2D eigenvalue weighted by Crippen LogP contribution is -2.46. The molecule has 20 heavy (non-hydrogen) atoms. The van der Waals surface area contributed by atoms with Crippen molar-refractivity contribution in [2.45, 2.75) is 19.9 Å². The molecule has 0 amide bonds. The number of nitrogens with zero attached hydrogens (tertiary/aromatic N) is 5. The molecular weight excluding hydrogens is 254 g/mol. The van der Waals surface area contributed by atoms with E-state index < -0.39 is 0 Å². The molecule has 0 atom stereocenters. The third-order valence-electron chi connectivity index (χ3n) is 3.53. The second-order valence-electron chi connectivity index (χ2n) is 4.91. The summed E-state index contributed by atoms with van der Waals surface area (Å²) in [6.07, 6.45) is 2.66. The Morgan fingerprint density at radius 3 is 2.70 bits per heavy atom. The maximum Gasteiger partial charge on any atom is 0.240 e. The number of anilines is 1. The molecule has 3 heterocycles. The number of hydrogen-bond donors (Lipinski definition) is 0. The third-order valence-corrected chi connectivity index (χ3v) is 3.53. The Kier molecular flexibility index (Phi) is 3.92. The fourth-order valence-electron chi connectivity index (χ4n) is 2.37. The fourth-order valence-corrected chi connectivity index (χ4v) is 2.37. The van der Waals surface area contributed by atoms with Crippen LogP contribution in [0.25, 0.3) is 0 Å². The standard InChI is InChI=1S/C14H19N5O/c1-2-12-16-14(20-17-12)11-18-7-9-19(10-8-18)13-5-3-4-6-15-13/h3-6H,2,7-11H2,1H3. The van der Waals surface area contributed by atoms with Gasteiger partial charge in [-0.25, -0.2) is 4.98 Å². The average Bonchev–Trinajstić information content (AvgIpc) is 2.97. The number of piperazine rings is 1. The number of aromatic nitrogens is 3. The molecule has 1 fully saturated rings. The molecule has 0 aliphatic carbocycles. The second-order valence-corrected chi connectivity index (χ2v) is 4.91. The summed E-state index contributed by atoms with van der Waals surface area (Å²) < 4.78 is 5.24. The quantitative estimate of drug-likeness (QED) is 0.838. The highest BCUT2D eigenvalue weighted by molar-refractivity contribution is 5.38. The lowest BCUT2D eigenvalue weighted by Gasteiger charge is -2.34. The van der Waals surface area contributed by atoms with Crippen molar-refractivity contribution in [1.29, 1.82) is 0 Å². The number of rotatable bonds is 4. The van der Waals surface area contributed by atoms with E-state index in [-0.39, 0.29) is 0 Å². The molecule has 0 bridgehead atoms. The fraction of sp³-hybridized carbons (Fsp3) is 0.500. The van der Waals surface area contributed by atoms with Crippen molar-refractivity contribution in [2.24, 2.45) is 0 Å². The minimum absolute atomic E-state index is 0.716. The van der Waals surface area contributed by atoms with Gasteiger partial charge in [-0.1, -0.05) is 18.1 Å². The molecule has 6 nitrogen and oxygen atoms in total. The number of pyridine rings is 1. The van der Waals surface area contributed by atoms with Gasteiger partial charge in [-0.3, -0.25) is 4.90 Å². The Labute approximate surface area is 118 Å². The molecule has 2 aromatic rings. The first-order chi connectivity index (χ1) is 9.85. The molecule has 3 rings (SSSR count). The highest BCUT2D eigenvalue weighted by atomic mass is 16.5. The van der Waals surface area contributed by atoms with Crippen LogP contribution in [-0.2, 0) is 13.0 Å². The van der Waals surface area contributed by atoms with Crippen LogP contribution in [0.15, 0.2) is 28.9 Å². The van der Waals surface area contributed by atoms with Gasteiger partial charge in [0.2, 0.25) is 5.89 Å². The summed E-state index contributed by atoms with van der Waals surface area (Å²) in [5.41, 5.74) is 0. The van der Waals surface area contributed by atoms with Gasteiger partial charge in [0.1, 0.15) is 5.82 Å². The van der Waals surface area contributed by atoms with E-state index in [0.29, 0.717) is 5.89 Å². The van der Waals surface area contributed by atoms with Crippen LogP contribution in [0.5, 0.6) is 0 Å². The minimum atomic E-state index is 0.716. The summed E-state index contributed by atoms with van der Waals surface area (Å²) >= 11 is 0. The van der Waals surface area contributed by atoms with Gasteiger partial charge >= 0.3 is 0 Å². The highest BCUT2D eigenvalue weighted by Crippen LogP contribution is 2.13. The van der Waals surface area contributed by atoms with Gasteiger partial charge in [0.15, 0.2) is 5.82 Å². The molecule has 0 radical (unpaired) electrons. The van der Waals surface area contributed by atoms with Crippen LogP contribution in [0.3, 0.4) is 0 Å². The van der Waals surface area contributed by atoms with Gasteiger partial charge < -0.3 is 9.42 Å². The molecule has 6 heteroatoms. The van der Waals surface area contributed by atoms with E-state index in [9.17, 15) is 0 Å². The molecule has 1 aliphatic heterocycles. The Balaban J connectivity index is 1.53. The zero-order valence-electron chi connectivity index (χ0n) is 11.7. The van der Waals surface area contributed by atoms with Crippen LogP contribution in [0.2, 0.25) is 0 Å². The summed E-state index contributed by atoms with van der Waals surface area (Å²) in [7, 11) is 0. The summed E-state index contributed by atoms with van der Waals surface area (Å²) in [4.78, 5) is 13.4. The van der Waals surface area contributed by atoms with E-state index in [1.54, 1.807) is 0 Å². The molecule has 0 aromatic carbocycles. The maximum absolute atomic E-state index is 5.24. The van der Waals surface area contributed by atoms with Gasteiger partial charge in [0, 0.05) is 38.8 Å². The largest absolute Gasteiger partial charge is 0.354 e. The van der Waals surface area contributed by atoms with Crippen molar-refractivity contribution < 1.29 is 4.52 Å². The zero-order chi connectivity index (χ0) is 13.8. The van der Waals surface area contributed by atoms with E-state index in [4.69, 9.17) is 4.52 Å². The van der Waals surface area contributed by atoms with Gasteiger partial charge in [0.05, 0.1) is 6.54 Å². The van der Waals surface area contributed by atoms with Gasteiger partial charge in [-0.2, -0.15) is 4.98 Å². The third kappa shape index (κ3) is 2.96. The molecule has 1 saturated heterocycles. The Morgan fingerprint density at radius 2 is 2.05 bits per heavy atom. The Bertz CT molecular complexity index is 534. The van der Waals surface area contributed by atoms with E-state index in [0.717, 1.165) is 50.8 Å². The molecule has 0 spiro atoms. The molecular formula is C14H19N5O. The van der Waals surface area contributed by atoms with Crippen molar-refractivity contribution in [3.8, 4) is 0 Å². The van der Waals surface area contributed by atoms with Crippen molar-refractivity contribution in [1.82, 2.24) is 20.0 Å². The van der Waals surface area contributed by atoms with Crippen LogP contribution in [0.1, 0.15) is 18.6 Å². The SMILES string of the molecule is CCc1noc(CN2CCN(c3ccccn3)CC2)n1. The molecule has 2 aromatic heterocycles. The number of aryl methyl sites for hydroxylation is 1. The molecule has 1 aliphatic rings. The monoisotopic (exact) mass is 273 g/mol. The lowest BCUT2D eigenvalue weighted by atomic mass is 10.3. The van der Waals surface area contributed by atoms with Gasteiger partial charge in [-0.05, 0) is 12.1 Å². The maximum atomic E-state index is 5.24. The zero-order valence-corrected chi connectivity index (χ0v) is 11.7. The second kappa shape index (κ2) is 6.00. The van der Waals surface area contributed by atoms with Crippen molar-refractivity contribution in [2.75, 3.05) is 31.1 Å². The van der Waals surface area contributed by atoms with Crippen molar-refractivity contribution in [3.05, 3.63) is 36.1 Å². The molecule has 0 saturated carbocycles. The van der Waals surface area contributed by atoms with Crippen molar-refractivity contribution in [3.63, 3.8) is 0 Å². The normalized spacial score (nSPS) is 16.6. The van der Waals surface area contributed by atoms with Crippen LogP contribution in [0.4, 0.5) is 5.82 Å². The van der Waals surface area contributed by atoms with Crippen LogP contribution < -0.4 is 4.90 Å². The first kappa shape index (κ1) is 13.1. The highest BCUT2D eigenvalue weighted by Gasteiger charge is 2.19. The average molecular weight is 273 g/mol. The summed E-state index contributed by atoms with van der Waals surface area (Å²) in [6.45, 7) is 6.70. The first-order valence-electron chi connectivity index (χ1n) is 7.05. The molecule has 0 N–H and O–H groups in total. The first-order valence-corrected chi connectivity index (χ1v) is 7.05. The number of hydrogen-bond acceptors (Lipinski definition) is 6. The smallest absolute Gasteiger partial charge is 0.240 e. The molecule has 106 valence electrons. The predicted molar refractivity (Wildman–Crippen MR) is 75.4 cm³/mol. The van der Waals surface area contributed by atoms with E-state index in [1.165, 1.54) is 0 Å². The van der Waals surface area contributed by atoms with Gasteiger partial charge in [-0.15, -0.1) is 0 Å². The topological polar surface area (TPSA) is 58.3 Å². The Hall–Kier alpha value is -1.95. The predicted octanol–water partition coefficient (Wildman–Crippen LogP) is 1.35. The minimum Gasteiger partial charge on any atom is -0.354 e. The van der Waals surface area contributed by atoms with Crippen LogP contribution in [0, 0.1) is 0 Å². The Morgan fingerprint density at radius 1 is 1.20 bits per heavy atom. The van der Waals surface area contributed by atoms with Crippen molar-refractivity contribution >= 4 is 5.82 Å². The summed E-state index contributed by atoms with van der Waals surface area (Å²) in [5.74, 6) is 2.55. The summed E-state index contributed by atoms with van der Waals surface area (Å²) in [6, 6.07) is 6.03. The van der Waals surface area contributed by atoms with E-state index in [1.807, 2.05) is 25.3 Å². The van der Waals surface area contributed by atoms with E-state index in [2.05, 4.69) is 31.0 Å². The molecule has 0 unspecified atom stereocenters. The van der Waals surface area contributed by atoms with Crippen LogP contribution in [-0.4, -0.2) is 46.2 Å². The van der Waals surface area contributed by atoms with Gasteiger partial charge in [0.25, 0.3) is 0 Å². The van der Waals surface area contributed by atoms with E-state index >= 15 is 0 Å². The lowest BCUT2D eigenvalue weighted by molar-refractivity contribution is 0.215.